The van der Waals surface area contributed by atoms with Gasteiger partial charge in [-0.2, -0.15) is 0 Å². The highest BCUT2D eigenvalue weighted by atomic mass is 16.5. The number of methoxy groups -OCH3 is 1. The highest BCUT2D eigenvalue weighted by Crippen LogP contribution is 2.31. The van der Waals surface area contributed by atoms with E-state index in [1.54, 1.807) is 7.11 Å². The van der Waals surface area contributed by atoms with E-state index in [4.69, 9.17) is 4.74 Å². The van der Waals surface area contributed by atoms with Crippen LogP contribution in [0.3, 0.4) is 0 Å². The molecule has 0 aliphatic carbocycles. The molecule has 2 heteroatoms. The van der Waals surface area contributed by atoms with Crippen molar-refractivity contribution >= 4 is 0 Å². The first-order chi connectivity index (χ1) is 9.78. The van der Waals surface area contributed by atoms with E-state index in [-0.39, 0.29) is 0 Å². The van der Waals surface area contributed by atoms with Gasteiger partial charge in [0.15, 0.2) is 0 Å². The zero-order valence-corrected chi connectivity index (χ0v) is 12.1. The van der Waals surface area contributed by atoms with Crippen molar-refractivity contribution < 1.29 is 4.74 Å². The van der Waals surface area contributed by atoms with Crippen molar-refractivity contribution in [2.75, 3.05) is 7.11 Å². The molecule has 0 amide bonds. The zero-order chi connectivity index (χ0) is 13.9. The van der Waals surface area contributed by atoms with Crippen molar-refractivity contribution in [3.05, 3.63) is 65.2 Å². The summed E-state index contributed by atoms with van der Waals surface area (Å²) in [5.41, 5.74) is 4.17. The van der Waals surface area contributed by atoms with E-state index in [9.17, 15) is 0 Å². The molecule has 2 unspecified atom stereocenters. The Kier molecular flexibility index (Phi) is 3.75. The van der Waals surface area contributed by atoms with Gasteiger partial charge in [-0.1, -0.05) is 43.3 Å². The third-order valence-corrected chi connectivity index (χ3v) is 4.20. The van der Waals surface area contributed by atoms with Crippen LogP contribution in [0.4, 0.5) is 0 Å². The molecule has 2 aromatic rings. The molecular weight excluding hydrogens is 246 g/mol. The van der Waals surface area contributed by atoms with Gasteiger partial charge in [-0.05, 0) is 41.2 Å². The Balaban J connectivity index is 1.88. The first-order valence-corrected chi connectivity index (χ1v) is 7.22. The Morgan fingerprint density at radius 1 is 1.05 bits per heavy atom. The lowest BCUT2D eigenvalue weighted by Crippen LogP contribution is -2.25. The quantitative estimate of drug-likeness (QED) is 0.895. The average molecular weight is 267 g/mol. The SMILES string of the molecule is COc1ccc2c(c1)CNC(c1ccccc1)C(C)C2. The molecular formula is C18H21NO. The van der Waals surface area contributed by atoms with E-state index in [2.05, 4.69) is 60.8 Å². The van der Waals surface area contributed by atoms with E-state index < -0.39 is 0 Å². The number of hydrogen-bond donors (Lipinski definition) is 1. The standard InChI is InChI=1S/C18H21NO/c1-13-10-15-8-9-17(20-2)11-16(15)12-19-18(13)14-6-4-3-5-7-14/h3-9,11,13,18-19H,10,12H2,1-2H3. The minimum Gasteiger partial charge on any atom is -0.497 e. The van der Waals surface area contributed by atoms with E-state index in [1.165, 1.54) is 16.7 Å². The van der Waals surface area contributed by atoms with Gasteiger partial charge < -0.3 is 10.1 Å². The van der Waals surface area contributed by atoms with Crippen LogP contribution in [-0.4, -0.2) is 7.11 Å². The maximum Gasteiger partial charge on any atom is 0.119 e. The van der Waals surface area contributed by atoms with Gasteiger partial charge >= 0.3 is 0 Å². The maximum atomic E-state index is 5.33. The molecule has 2 aromatic carbocycles. The monoisotopic (exact) mass is 267 g/mol. The molecule has 20 heavy (non-hydrogen) atoms. The third-order valence-electron chi connectivity index (χ3n) is 4.20. The fourth-order valence-corrected chi connectivity index (χ4v) is 3.09. The van der Waals surface area contributed by atoms with Gasteiger partial charge in [-0.15, -0.1) is 0 Å². The second-order valence-electron chi connectivity index (χ2n) is 5.59. The largest absolute Gasteiger partial charge is 0.497 e. The lowest BCUT2D eigenvalue weighted by molar-refractivity contribution is 0.397. The Labute approximate surface area is 120 Å². The molecule has 0 spiro atoms. The molecule has 0 saturated heterocycles. The summed E-state index contributed by atoms with van der Waals surface area (Å²) < 4.78 is 5.33. The maximum absolute atomic E-state index is 5.33. The van der Waals surface area contributed by atoms with Crippen LogP contribution in [0.15, 0.2) is 48.5 Å². The van der Waals surface area contributed by atoms with Gasteiger partial charge in [0.2, 0.25) is 0 Å². The van der Waals surface area contributed by atoms with Crippen LogP contribution >= 0.6 is 0 Å². The highest BCUT2D eigenvalue weighted by Gasteiger charge is 2.23. The van der Waals surface area contributed by atoms with Crippen LogP contribution in [0, 0.1) is 5.92 Å². The second kappa shape index (κ2) is 5.68. The van der Waals surface area contributed by atoms with Gasteiger partial charge in [0, 0.05) is 12.6 Å². The van der Waals surface area contributed by atoms with Gasteiger partial charge in [-0.3, -0.25) is 0 Å². The summed E-state index contributed by atoms with van der Waals surface area (Å²) in [6, 6.07) is 17.6. The van der Waals surface area contributed by atoms with Crippen LogP contribution in [0.2, 0.25) is 0 Å². The fourth-order valence-electron chi connectivity index (χ4n) is 3.09. The Hall–Kier alpha value is -1.80. The molecule has 0 saturated carbocycles. The molecule has 1 N–H and O–H groups in total. The Morgan fingerprint density at radius 3 is 2.60 bits per heavy atom. The molecule has 0 fully saturated rings. The lowest BCUT2D eigenvalue weighted by Gasteiger charge is -2.22. The number of rotatable bonds is 2. The normalized spacial score (nSPS) is 21.9. The second-order valence-corrected chi connectivity index (χ2v) is 5.59. The summed E-state index contributed by atoms with van der Waals surface area (Å²) in [5.74, 6) is 1.52. The van der Waals surface area contributed by atoms with Gasteiger partial charge in [0.1, 0.15) is 5.75 Å². The molecule has 2 nitrogen and oxygen atoms in total. The van der Waals surface area contributed by atoms with Crippen molar-refractivity contribution in [2.45, 2.75) is 25.9 Å². The molecule has 2 atom stereocenters. The van der Waals surface area contributed by atoms with E-state index in [0.717, 1.165) is 18.7 Å². The predicted molar refractivity (Wildman–Crippen MR) is 81.9 cm³/mol. The number of benzene rings is 2. The van der Waals surface area contributed by atoms with Crippen LogP contribution in [0.25, 0.3) is 0 Å². The van der Waals surface area contributed by atoms with Crippen LogP contribution in [0.5, 0.6) is 5.75 Å². The summed E-state index contributed by atoms with van der Waals surface area (Å²) in [7, 11) is 1.72. The lowest BCUT2D eigenvalue weighted by atomic mass is 9.90. The molecule has 0 bridgehead atoms. The first kappa shape index (κ1) is 13.2. The van der Waals surface area contributed by atoms with E-state index in [1.807, 2.05) is 0 Å². The first-order valence-electron chi connectivity index (χ1n) is 7.22. The van der Waals surface area contributed by atoms with Crippen LogP contribution in [-0.2, 0) is 13.0 Å². The number of ether oxygens (including phenoxy) is 1. The number of nitrogens with one attached hydrogen (secondary N) is 1. The fraction of sp³-hybridized carbons (Fsp3) is 0.333. The predicted octanol–water partition coefficient (Wildman–Crippen LogP) is 3.72. The third kappa shape index (κ3) is 2.56. The summed E-state index contributed by atoms with van der Waals surface area (Å²) in [4.78, 5) is 0. The van der Waals surface area contributed by atoms with E-state index >= 15 is 0 Å². The van der Waals surface area contributed by atoms with Gasteiger partial charge in [0.05, 0.1) is 7.11 Å². The molecule has 1 aliphatic rings. The molecule has 1 heterocycles. The minimum absolute atomic E-state index is 0.412. The summed E-state index contributed by atoms with van der Waals surface area (Å²) >= 11 is 0. The van der Waals surface area contributed by atoms with Crippen molar-refractivity contribution in [3.8, 4) is 5.75 Å². The Morgan fingerprint density at radius 2 is 1.85 bits per heavy atom. The topological polar surface area (TPSA) is 21.3 Å². The molecule has 1 aliphatic heterocycles. The molecule has 0 aromatic heterocycles. The minimum atomic E-state index is 0.412. The van der Waals surface area contributed by atoms with E-state index in [0.29, 0.717) is 12.0 Å². The van der Waals surface area contributed by atoms with Crippen molar-refractivity contribution in [1.82, 2.24) is 5.32 Å². The van der Waals surface area contributed by atoms with Crippen molar-refractivity contribution in [3.63, 3.8) is 0 Å². The molecule has 104 valence electrons. The van der Waals surface area contributed by atoms with Crippen LogP contribution in [0.1, 0.15) is 29.7 Å². The zero-order valence-electron chi connectivity index (χ0n) is 12.1. The summed E-state index contributed by atoms with van der Waals surface area (Å²) in [5, 5.41) is 3.70. The highest BCUT2D eigenvalue weighted by molar-refractivity contribution is 5.37. The van der Waals surface area contributed by atoms with Gasteiger partial charge in [-0.25, -0.2) is 0 Å². The number of hydrogen-bond acceptors (Lipinski definition) is 2. The van der Waals surface area contributed by atoms with Crippen molar-refractivity contribution in [1.29, 1.82) is 0 Å². The van der Waals surface area contributed by atoms with Crippen molar-refractivity contribution in [2.24, 2.45) is 5.92 Å². The number of fused-ring (bicyclic) bond motifs is 1. The Bertz CT molecular complexity index is 579. The molecule has 0 radical (unpaired) electrons. The smallest absolute Gasteiger partial charge is 0.119 e. The van der Waals surface area contributed by atoms with Gasteiger partial charge in [0.25, 0.3) is 0 Å². The molecule has 3 rings (SSSR count). The summed E-state index contributed by atoms with van der Waals surface area (Å²) in [6.45, 7) is 3.22. The summed E-state index contributed by atoms with van der Waals surface area (Å²) in [6.07, 6.45) is 1.10. The van der Waals surface area contributed by atoms with Crippen LogP contribution < -0.4 is 10.1 Å². The average Bonchev–Trinajstić information content (AvgIpc) is 2.65.